The Labute approximate surface area is 304 Å². The van der Waals surface area contributed by atoms with Crippen molar-refractivity contribution in [2.45, 2.75) is 79.1 Å². The predicted octanol–water partition coefficient (Wildman–Crippen LogP) is 1.69. The van der Waals surface area contributed by atoms with Gasteiger partial charge in [0.05, 0.1) is 52.6 Å². The standard InChI is InChI=1S/C34H64N8O9/c1-32(2,3)49-29(44)25-40-14-12-39(24-28(43)36-10-20-47-22-23-48-21-11-37-38-35)13-15-41(26-30(45)50-33(4,5)6)17-19-42(18-16-40)27-31(46)51-34(7,8)9/h10-27H2,1-9H3,(H,36,43). The van der Waals surface area contributed by atoms with Gasteiger partial charge in [-0.2, -0.15) is 0 Å². The Morgan fingerprint density at radius 2 is 0.902 bits per heavy atom. The van der Waals surface area contributed by atoms with Gasteiger partial charge in [-0.25, -0.2) is 0 Å². The first-order valence-electron chi connectivity index (χ1n) is 17.7. The Hall–Kier alpha value is -3.05. The number of nitrogens with zero attached hydrogens (tertiary/aromatic N) is 7. The maximum atomic E-state index is 13.0. The zero-order valence-electron chi connectivity index (χ0n) is 32.5. The molecule has 17 nitrogen and oxygen atoms in total. The van der Waals surface area contributed by atoms with Crippen molar-refractivity contribution in [3.8, 4) is 0 Å². The average molecular weight is 729 g/mol. The van der Waals surface area contributed by atoms with Crippen LogP contribution in [0.5, 0.6) is 0 Å². The fraction of sp³-hybridized carbons (Fsp3) is 0.882. The van der Waals surface area contributed by atoms with Crippen molar-refractivity contribution < 1.29 is 42.9 Å². The average Bonchev–Trinajstić information content (AvgIpc) is 2.96. The summed E-state index contributed by atoms with van der Waals surface area (Å²) in [7, 11) is 0. The normalized spacial score (nSPS) is 16.6. The van der Waals surface area contributed by atoms with E-state index >= 15 is 0 Å². The van der Waals surface area contributed by atoms with Crippen LogP contribution in [-0.2, 0) is 42.9 Å². The highest BCUT2D eigenvalue weighted by atomic mass is 16.6. The molecule has 0 radical (unpaired) electrons. The summed E-state index contributed by atoms with van der Waals surface area (Å²) in [5.74, 6) is -1.26. The summed E-state index contributed by atoms with van der Waals surface area (Å²) in [5.41, 5.74) is 6.37. The van der Waals surface area contributed by atoms with Crippen molar-refractivity contribution in [2.24, 2.45) is 5.11 Å². The quantitative estimate of drug-likeness (QED) is 0.0570. The number of nitrogens with one attached hydrogen (secondary N) is 1. The van der Waals surface area contributed by atoms with Gasteiger partial charge in [0.25, 0.3) is 0 Å². The van der Waals surface area contributed by atoms with Crippen molar-refractivity contribution in [1.82, 2.24) is 24.9 Å². The number of esters is 3. The van der Waals surface area contributed by atoms with Crippen molar-refractivity contribution in [3.05, 3.63) is 10.4 Å². The molecule has 1 fully saturated rings. The van der Waals surface area contributed by atoms with E-state index in [2.05, 4.69) is 15.3 Å². The van der Waals surface area contributed by atoms with Crippen LogP contribution in [0, 0.1) is 0 Å². The molecule has 0 bridgehead atoms. The summed E-state index contributed by atoms with van der Waals surface area (Å²) in [5, 5.41) is 6.28. The molecule has 0 aromatic carbocycles. The number of rotatable bonds is 17. The summed E-state index contributed by atoms with van der Waals surface area (Å²) in [4.78, 5) is 62.2. The van der Waals surface area contributed by atoms with Crippen LogP contribution in [-0.4, -0.2) is 178 Å². The van der Waals surface area contributed by atoms with E-state index in [1.165, 1.54) is 0 Å². The van der Waals surface area contributed by atoms with Crippen LogP contribution in [0.3, 0.4) is 0 Å². The molecule has 1 aliphatic rings. The molecular weight excluding hydrogens is 664 g/mol. The van der Waals surface area contributed by atoms with Gasteiger partial charge in [-0.05, 0) is 67.8 Å². The minimum Gasteiger partial charge on any atom is -0.459 e. The van der Waals surface area contributed by atoms with Crippen molar-refractivity contribution in [2.75, 3.05) is 118 Å². The molecule has 0 saturated carbocycles. The van der Waals surface area contributed by atoms with Gasteiger partial charge in [-0.15, -0.1) is 0 Å². The Morgan fingerprint density at radius 3 is 1.24 bits per heavy atom. The Kier molecular flexibility index (Phi) is 21.2. The van der Waals surface area contributed by atoms with Gasteiger partial charge in [0.1, 0.15) is 16.8 Å². The number of carbonyl (C=O) groups is 4. The third-order valence-corrected chi connectivity index (χ3v) is 6.95. The number of ether oxygens (including phenoxy) is 5. The number of hydrogen-bond donors (Lipinski definition) is 1. The third-order valence-electron chi connectivity index (χ3n) is 6.95. The van der Waals surface area contributed by atoms with E-state index in [0.717, 1.165) is 0 Å². The van der Waals surface area contributed by atoms with Crippen molar-refractivity contribution in [3.63, 3.8) is 0 Å². The zero-order valence-corrected chi connectivity index (χ0v) is 32.5. The fourth-order valence-electron chi connectivity index (χ4n) is 4.87. The molecule has 1 rings (SSSR count). The molecule has 1 saturated heterocycles. The SMILES string of the molecule is CC(C)(C)OC(=O)CN1CCN(CC(=O)NCCOCCOCCN=[N+]=[N-])CCN(CC(=O)OC(C)(C)C)CCN(CC(=O)OC(C)(C)C)CC1. The fourth-order valence-corrected chi connectivity index (χ4v) is 4.87. The summed E-state index contributed by atoms with van der Waals surface area (Å²) < 4.78 is 27.6. The molecule has 0 aromatic rings. The molecule has 0 atom stereocenters. The molecule has 1 N–H and O–H groups in total. The van der Waals surface area contributed by atoms with Crippen LogP contribution in [0.25, 0.3) is 10.4 Å². The molecule has 51 heavy (non-hydrogen) atoms. The van der Waals surface area contributed by atoms with Crippen LogP contribution in [0.1, 0.15) is 62.3 Å². The van der Waals surface area contributed by atoms with Gasteiger partial charge < -0.3 is 29.0 Å². The third kappa shape index (κ3) is 26.4. The number of carbonyl (C=O) groups excluding carboxylic acids is 4. The van der Waals surface area contributed by atoms with Crippen LogP contribution in [0.2, 0.25) is 0 Å². The maximum Gasteiger partial charge on any atom is 0.320 e. The first-order valence-corrected chi connectivity index (χ1v) is 17.7. The second-order valence-electron chi connectivity index (χ2n) is 15.4. The zero-order chi connectivity index (χ0) is 38.5. The monoisotopic (exact) mass is 728 g/mol. The lowest BCUT2D eigenvalue weighted by molar-refractivity contribution is -0.158. The van der Waals surface area contributed by atoms with Crippen LogP contribution in [0.4, 0.5) is 0 Å². The van der Waals surface area contributed by atoms with Gasteiger partial charge in [0, 0.05) is 70.4 Å². The molecule has 0 aliphatic carbocycles. The topological polar surface area (TPSA) is 188 Å². The highest BCUT2D eigenvalue weighted by Gasteiger charge is 2.26. The largest absolute Gasteiger partial charge is 0.459 e. The van der Waals surface area contributed by atoms with Gasteiger partial charge in [0.15, 0.2) is 0 Å². The number of amides is 1. The van der Waals surface area contributed by atoms with Crippen molar-refractivity contribution >= 4 is 23.8 Å². The minimum atomic E-state index is -0.641. The van der Waals surface area contributed by atoms with E-state index in [4.69, 9.17) is 29.2 Å². The van der Waals surface area contributed by atoms with E-state index in [0.29, 0.717) is 85.3 Å². The molecule has 0 spiro atoms. The first-order chi connectivity index (χ1) is 23.7. The van der Waals surface area contributed by atoms with Crippen LogP contribution >= 0.6 is 0 Å². The Morgan fingerprint density at radius 1 is 0.569 bits per heavy atom. The second kappa shape index (κ2) is 23.5. The highest BCUT2D eigenvalue weighted by Crippen LogP contribution is 2.11. The van der Waals surface area contributed by atoms with Gasteiger partial charge >= 0.3 is 17.9 Å². The summed E-state index contributed by atoms with van der Waals surface area (Å²) in [6.07, 6.45) is 0. The molecule has 1 heterocycles. The van der Waals surface area contributed by atoms with E-state index in [1.807, 2.05) is 81.9 Å². The lowest BCUT2D eigenvalue weighted by atomic mass is 10.2. The summed E-state index contributed by atoms with van der Waals surface area (Å²) >= 11 is 0. The van der Waals surface area contributed by atoms with E-state index in [-0.39, 0.29) is 56.5 Å². The summed E-state index contributed by atoms with van der Waals surface area (Å²) in [6, 6.07) is 0. The van der Waals surface area contributed by atoms with E-state index in [1.54, 1.807) is 0 Å². The van der Waals surface area contributed by atoms with Gasteiger partial charge in [-0.1, -0.05) is 5.11 Å². The van der Waals surface area contributed by atoms with Gasteiger partial charge in [0.2, 0.25) is 5.91 Å². The molecule has 1 aliphatic heterocycles. The first kappa shape index (κ1) is 46.0. The lowest BCUT2D eigenvalue weighted by Crippen LogP contribution is -2.50. The smallest absolute Gasteiger partial charge is 0.320 e. The molecule has 0 unspecified atom stereocenters. The summed E-state index contributed by atoms with van der Waals surface area (Å²) in [6.45, 7) is 22.2. The maximum absolute atomic E-state index is 13.0. The van der Waals surface area contributed by atoms with Crippen LogP contribution < -0.4 is 5.32 Å². The Balaban J connectivity index is 3.03. The lowest BCUT2D eigenvalue weighted by Gasteiger charge is -2.34. The number of hydrogen-bond acceptors (Lipinski definition) is 14. The predicted molar refractivity (Wildman–Crippen MR) is 192 cm³/mol. The molecular formula is C34H64N8O9. The molecule has 17 heteroatoms. The minimum absolute atomic E-state index is 0.0505. The van der Waals surface area contributed by atoms with Crippen molar-refractivity contribution in [1.29, 1.82) is 0 Å². The van der Waals surface area contributed by atoms with Gasteiger partial charge in [-0.3, -0.25) is 38.8 Å². The molecule has 294 valence electrons. The highest BCUT2D eigenvalue weighted by molar-refractivity contribution is 5.78. The van der Waals surface area contributed by atoms with E-state index in [9.17, 15) is 19.2 Å². The molecule has 1 amide bonds. The Bertz CT molecular complexity index is 1070. The molecule has 0 aromatic heterocycles. The number of azide groups is 1. The van der Waals surface area contributed by atoms with Crippen LogP contribution in [0.15, 0.2) is 5.11 Å². The van der Waals surface area contributed by atoms with E-state index < -0.39 is 16.8 Å². The second-order valence-corrected chi connectivity index (χ2v) is 15.4.